The molecule has 0 amide bonds. The molecule has 0 aliphatic carbocycles. The first-order chi connectivity index (χ1) is 11.6. The first-order valence-electron chi connectivity index (χ1n) is 8.25. The maximum absolute atomic E-state index is 12.2. The van der Waals surface area contributed by atoms with E-state index in [1.807, 2.05) is 36.4 Å². The zero-order valence-electron chi connectivity index (χ0n) is 14.2. The maximum Gasteiger partial charge on any atom is 0.309 e. The molecule has 0 aliphatic heterocycles. The van der Waals surface area contributed by atoms with Gasteiger partial charge in [0.25, 0.3) is 0 Å². The van der Waals surface area contributed by atoms with Crippen molar-refractivity contribution in [2.45, 2.75) is 26.2 Å². The summed E-state index contributed by atoms with van der Waals surface area (Å²) in [5.74, 6) is -0.186. The molecule has 2 atom stereocenters. The second kappa shape index (κ2) is 8.88. The molecule has 124 valence electrons. The average Bonchev–Trinajstić information content (AvgIpc) is 2.64. The highest BCUT2D eigenvalue weighted by molar-refractivity contribution is 5.73. The molecule has 3 heteroatoms. The quantitative estimate of drug-likeness (QED) is 0.720. The molecule has 3 nitrogen and oxygen atoms in total. The smallest absolute Gasteiger partial charge is 0.309 e. The summed E-state index contributed by atoms with van der Waals surface area (Å²) in [5, 5.41) is 9.03. The van der Waals surface area contributed by atoms with Crippen LogP contribution < -0.4 is 0 Å². The Morgan fingerprint density at radius 1 is 1.12 bits per heavy atom. The molecule has 2 aromatic rings. The molecule has 0 saturated heterocycles. The summed E-state index contributed by atoms with van der Waals surface area (Å²) in [5.41, 5.74) is 2.89. The monoisotopic (exact) mass is 321 g/mol. The van der Waals surface area contributed by atoms with Crippen molar-refractivity contribution >= 4 is 5.97 Å². The normalized spacial score (nSPS) is 12.9. The molecule has 2 rings (SSSR count). The highest BCUT2D eigenvalue weighted by Crippen LogP contribution is 2.24. The van der Waals surface area contributed by atoms with Gasteiger partial charge in [-0.2, -0.15) is 5.26 Å². The number of nitriles is 1. The molecular weight excluding hydrogens is 298 g/mol. The van der Waals surface area contributed by atoms with E-state index in [4.69, 9.17) is 10.00 Å². The zero-order valence-corrected chi connectivity index (χ0v) is 14.2. The van der Waals surface area contributed by atoms with Crippen molar-refractivity contribution in [2.24, 2.45) is 11.8 Å². The summed E-state index contributed by atoms with van der Waals surface area (Å²) in [4.78, 5) is 12.2. The van der Waals surface area contributed by atoms with Crippen molar-refractivity contribution in [1.29, 1.82) is 5.26 Å². The zero-order chi connectivity index (χ0) is 17.4. The van der Waals surface area contributed by atoms with Gasteiger partial charge in [-0.3, -0.25) is 4.79 Å². The van der Waals surface area contributed by atoms with E-state index in [0.29, 0.717) is 12.0 Å². The molecule has 2 unspecified atom stereocenters. The molecule has 24 heavy (non-hydrogen) atoms. The van der Waals surface area contributed by atoms with E-state index in [2.05, 4.69) is 25.1 Å². The lowest BCUT2D eigenvalue weighted by Crippen LogP contribution is -2.26. The van der Waals surface area contributed by atoms with Crippen molar-refractivity contribution in [3.63, 3.8) is 0 Å². The number of aryl methyl sites for hydroxylation is 1. The molecule has 2 aromatic carbocycles. The first kappa shape index (κ1) is 17.7. The third-order valence-corrected chi connectivity index (χ3v) is 4.43. The molecule has 0 saturated carbocycles. The van der Waals surface area contributed by atoms with Crippen LogP contribution in [0.4, 0.5) is 0 Å². The Kier molecular flexibility index (Phi) is 6.57. The van der Waals surface area contributed by atoms with E-state index >= 15 is 0 Å². The van der Waals surface area contributed by atoms with Gasteiger partial charge < -0.3 is 4.74 Å². The Bertz CT molecular complexity index is 703. The topological polar surface area (TPSA) is 50.1 Å². The number of carbonyl (C=O) groups excluding carboxylic acids is 1. The van der Waals surface area contributed by atoms with Gasteiger partial charge in [-0.25, -0.2) is 0 Å². The Morgan fingerprint density at radius 3 is 2.50 bits per heavy atom. The summed E-state index contributed by atoms with van der Waals surface area (Å²) in [6.07, 6.45) is 2.45. The van der Waals surface area contributed by atoms with Gasteiger partial charge in [-0.1, -0.05) is 49.4 Å². The van der Waals surface area contributed by atoms with Gasteiger partial charge in [-0.15, -0.1) is 0 Å². The van der Waals surface area contributed by atoms with Crippen LogP contribution in [-0.4, -0.2) is 13.1 Å². The van der Waals surface area contributed by atoms with Crippen LogP contribution in [0, 0.1) is 23.2 Å². The summed E-state index contributed by atoms with van der Waals surface area (Å²) in [6.45, 7) is 2.10. The molecule has 0 aromatic heterocycles. The number of methoxy groups -OCH3 is 1. The van der Waals surface area contributed by atoms with Crippen LogP contribution in [0.2, 0.25) is 0 Å². The highest BCUT2D eigenvalue weighted by atomic mass is 16.5. The number of benzene rings is 2. The molecule has 0 spiro atoms. The van der Waals surface area contributed by atoms with Crippen molar-refractivity contribution < 1.29 is 9.53 Å². The van der Waals surface area contributed by atoms with Crippen molar-refractivity contribution in [2.75, 3.05) is 7.11 Å². The Labute approximate surface area is 143 Å². The summed E-state index contributed by atoms with van der Waals surface area (Å²) >= 11 is 0. The number of hydrogen-bond acceptors (Lipinski definition) is 3. The average molecular weight is 321 g/mol. The second-order valence-corrected chi connectivity index (χ2v) is 6.15. The summed E-state index contributed by atoms with van der Waals surface area (Å²) in [7, 11) is 1.44. The number of rotatable bonds is 7. The lowest BCUT2D eigenvalue weighted by molar-refractivity contribution is -0.147. The van der Waals surface area contributed by atoms with E-state index in [-0.39, 0.29) is 17.8 Å². The van der Waals surface area contributed by atoms with Gasteiger partial charge in [0.05, 0.1) is 24.7 Å². The van der Waals surface area contributed by atoms with Crippen LogP contribution in [0.3, 0.4) is 0 Å². The molecule has 0 radical (unpaired) electrons. The van der Waals surface area contributed by atoms with E-state index in [9.17, 15) is 4.79 Å². The third kappa shape index (κ3) is 4.96. The second-order valence-electron chi connectivity index (χ2n) is 6.15. The lowest BCUT2D eigenvalue weighted by atomic mass is 9.84. The highest BCUT2D eigenvalue weighted by Gasteiger charge is 2.26. The number of nitrogens with zero attached hydrogens (tertiary/aromatic N) is 1. The Balaban J connectivity index is 2.06. The molecule has 0 N–H and O–H groups in total. The maximum atomic E-state index is 12.2. The number of esters is 1. The van der Waals surface area contributed by atoms with E-state index < -0.39 is 0 Å². The minimum Gasteiger partial charge on any atom is -0.469 e. The van der Waals surface area contributed by atoms with Crippen molar-refractivity contribution in [3.05, 3.63) is 71.3 Å². The fourth-order valence-corrected chi connectivity index (χ4v) is 2.93. The minimum absolute atomic E-state index is 0.182. The van der Waals surface area contributed by atoms with Gasteiger partial charge in [-0.05, 0) is 48.4 Å². The fraction of sp³-hybridized carbons (Fsp3) is 0.333. The lowest BCUT2D eigenvalue weighted by Gasteiger charge is -2.22. The van der Waals surface area contributed by atoms with E-state index in [1.54, 1.807) is 6.07 Å². The number of carbonyl (C=O) groups is 1. The fourth-order valence-electron chi connectivity index (χ4n) is 2.93. The SMILES string of the molecule is COC(=O)C(Cc1cccc(C#N)c1)C(C)CCc1ccccc1. The van der Waals surface area contributed by atoms with Crippen LogP contribution in [0.1, 0.15) is 30.0 Å². The molecule has 0 heterocycles. The van der Waals surface area contributed by atoms with Gasteiger partial charge in [0.1, 0.15) is 0 Å². The summed E-state index contributed by atoms with van der Waals surface area (Å²) < 4.78 is 5.01. The standard InChI is InChI=1S/C21H23NO2/c1-16(11-12-17-7-4-3-5-8-17)20(21(23)24-2)14-18-9-6-10-19(13-18)15-22/h3-10,13,16,20H,11-12,14H2,1-2H3. The van der Waals surface area contributed by atoms with Crippen LogP contribution in [0.5, 0.6) is 0 Å². The van der Waals surface area contributed by atoms with Gasteiger partial charge in [0.2, 0.25) is 0 Å². The molecular formula is C21H23NO2. The van der Waals surface area contributed by atoms with Crippen LogP contribution in [-0.2, 0) is 22.4 Å². The summed E-state index contributed by atoms with van der Waals surface area (Å²) in [6, 6.07) is 19.9. The predicted molar refractivity (Wildman–Crippen MR) is 94.3 cm³/mol. The van der Waals surface area contributed by atoms with Gasteiger partial charge in [0.15, 0.2) is 0 Å². The number of hydrogen-bond donors (Lipinski definition) is 0. The van der Waals surface area contributed by atoms with Gasteiger partial charge >= 0.3 is 5.97 Å². The van der Waals surface area contributed by atoms with Crippen molar-refractivity contribution in [3.8, 4) is 6.07 Å². The Morgan fingerprint density at radius 2 is 1.83 bits per heavy atom. The van der Waals surface area contributed by atoms with E-state index in [1.165, 1.54) is 12.7 Å². The van der Waals surface area contributed by atoms with Gasteiger partial charge in [0, 0.05) is 0 Å². The van der Waals surface area contributed by atoms with Crippen molar-refractivity contribution in [1.82, 2.24) is 0 Å². The third-order valence-electron chi connectivity index (χ3n) is 4.43. The largest absolute Gasteiger partial charge is 0.469 e. The van der Waals surface area contributed by atoms with Crippen LogP contribution >= 0.6 is 0 Å². The molecule has 0 bridgehead atoms. The first-order valence-corrected chi connectivity index (χ1v) is 8.25. The predicted octanol–water partition coefficient (Wildman–Crippen LogP) is 4.16. The van der Waals surface area contributed by atoms with Crippen LogP contribution in [0.15, 0.2) is 54.6 Å². The number of ether oxygens (including phenoxy) is 1. The Hall–Kier alpha value is -2.60. The van der Waals surface area contributed by atoms with E-state index in [0.717, 1.165) is 18.4 Å². The minimum atomic E-state index is -0.201. The van der Waals surface area contributed by atoms with Crippen LogP contribution in [0.25, 0.3) is 0 Å². The molecule has 0 aliphatic rings. The molecule has 0 fully saturated rings.